The van der Waals surface area contributed by atoms with Crippen molar-refractivity contribution in [2.24, 2.45) is 13.0 Å². The fraction of sp³-hybridized carbons (Fsp3) is 0.472. The number of anilines is 2. The third-order valence-corrected chi connectivity index (χ3v) is 11.1. The minimum Gasteiger partial charge on any atom is -0.370 e. The number of imidazole rings is 1. The molecule has 3 fully saturated rings. The Kier molecular flexibility index (Phi) is 9.26. The summed E-state index contributed by atoms with van der Waals surface area (Å²) in [6.07, 6.45) is 8.99. The molecule has 0 spiro atoms. The van der Waals surface area contributed by atoms with Crippen molar-refractivity contribution in [3.8, 4) is 0 Å². The van der Waals surface area contributed by atoms with Gasteiger partial charge in [0.2, 0.25) is 11.8 Å². The number of carbonyl (C=O) groups is 3. The summed E-state index contributed by atoms with van der Waals surface area (Å²) in [7, 11) is 1.73. The number of hydrogen-bond donors (Lipinski definition) is 3. The van der Waals surface area contributed by atoms with Crippen molar-refractivity contribution < 1.29 is 23.2 Å². The van der Waals surface area contributed by atoms with E-state index in [0.29, 0.717) is 29.5 Å². The molecule has 2 saturated heterocycles. The van der Waals surface area contributed by atoms with Crippen molar-refractivity contribution >= 4 is 45.8 Å². The maximum Gasteiger partial charge on any atom is 0.329 e. The van der Waals surface area contributed by atoms with Gasteiger partial charge in [0, 0.05) is 51.2 Å². The molecule has 17 heteroatoms. The summed E-state index contributed by atoms with van der Waals surface area (Å²) in [5.74, 6) is -0.890. The van der Waals surface area contributed by atoms with Gasteiger partial charge in [-0.3, -0.25) is 33.5 Å². The number of benzene rings is 1. The van der Waals surface area contributed by atoms with Crippen LogP contribution in [0.25, 0.3) is 16.7 Å². The van der Waals surface area contributed by atoms with Crippen molar-refractivity contribution in [3.63, 3.8) is 0 Å². The second-order valence-corrected chi connectivity index (χ2v) is 14.3. The largest absolute Gasteiger partial charge is 0.370 e. The van der Waals surface area contributed by atoms with E-state index in [9.17, 15) is 28.0 Å². The van der Waals surface area contributed by atoms with Gasteiger partial charge in [-0.15, -0.1) is 0 Å². The first-order valence-corrected chi connectivity index (χ1v) is 18.1. The molecule has 8 rings (SSSR count). The molecule has 6 heterocycles. The fourth-order valence-electron chi connectivity index (χ4n) is 8.20. The molecule has 3 aliphatic rings. The highest BCUT2D eigenvalue weighted by Crippen LogP contribution is 2.36. The minimum absolute atomic E-state index is 0.0132. The Balaban J connectivity index is 0.850. The molecule has 1 saturated carbocycles. The van der Waals surface area contributed by atoms with Crippen LogP contribution in [0.1, 0.15) is 85.9 Å². The molecular weight excluding hydrogens is 688 g/mol. The molecule has 1 unspecified atom stereocenters. The van der Waals surface area contributed by atoms with Crippen molar-refractivity contribution in [2.45, 2.75) is 75.9 Å². The predicted molar refractivity (Wildman–Crippen MR) is 191 cm³/mol. The number of halogens is 2. The Labute approximate surface area is 302 Å². The van der Waals surface area contributed by atoms with E-state index in [1.54, 1.807) is 28.6 Å². The van der Waals surface area contributed by atoms with E-state index in [4.69, 9.17) is 0 Å². The fourth-order valence-corrected chi connectivity index (χ4v) is 8.20. The number of hydrogen-bond acceptors (Lipinski definition) is 9. The molecule has 2 aliphatic heterocycles. The van der Waals surface area contributed by atoms with Gasteiger partial charge >= 0.3 is 5.69 Å². The summed E-state index contributed by atoms with van der Waals surface area (Å²) in [5.41, 5.74) is 2.18. The van der Waals surface area contributed by atoms with Gasteiger partial charge in [-0.25, -0.2) is 23.1 Å². The normalized spacial score (nSPS) is 21.5. The van der Waals surface area contributed by atoms with E-state index in [-0.39, 0.29) is 35.3 Å². The number of para-hydroxylation sites is 1. The van der Waals surface area contributed by atoms with Crippen molar-refractivity contribution in [2.75, 3.05) is 29.9 Å². The average Bonchev–Trinajstić information content (AvgIpc) is 3.86. The predicted octanol–water partition coefficient (Wildman–Crippen LogP) is 3.74. The maximum absolute atomic E-state index is 14.0. The van der Waals surface area contributed by atoms with Crippen LogP contribution in [0, 0.1) is 5.92 Å². The third-order valence-electron chi connectivity index (χ3n) is 11.1. The van der Waals surface area contributed by atoms with Crippen molar-refractivity contribution in [1.29, 1.82) is 0 Å². The highest BCUT2D eigenvalue weighted by Gasteiger charge is 2.33. The highest BCUT2D eigenvalue weighted by molar-refractivity contribution is 6.08. The van der Waals surface area contributed by atoms with Gasteiger partial charge in [-0.2, -0.15) is 10.2 Å². The number of amides is 3. The Hall–Kier alpha value is -5.45. The van der Waals surface area contributed by atoms with Gasteiger partial charge in [0.15, 0.2) is 11.3 Å². The van der Waals surface area contributed by atoms with Crippen LogP contribution in [0.5, 0.6) is 0 Å². The van der Waals surface area contributed by atoms with Crippen LogP contribution < -0.4 is 26.5 Å². The topological polar surface area (TPSA) is 165 Å². The second-order valence-electron chi connectivity index (χ2n) is 14.3. The monoisotopic (exact) mass is 729 g/mol. The molecule has 3 N–H and O–H groups in total. The SMILES string of the molecule is Cn1c(=O)n(C2CCC(=O)NC2=O)c2cccc(N3CCC(NC[C@H]4CC[C@H](n5cc(NC(=O)c6cnn7cccnc67)c(C(F)F)n5)CC4)CC3)c21. The van der Waals surface area contributed by atoms with Gasteiger partial charge in [-0.1, -0.05) is 6.07 Å². The van der Waals surface area contributed by atoms with E-state index in [1.165, 1.54) is 27.7 Å². The van der Waals surface area contributed by atoms with Crippen LogP contribution in [-0.2, 0) is 16.6 Å². The van der Waals surface area contributed by atoms with E-state index in [0.717, 1.165) is 69.4 Å². The lowest BCUT2D eigenvalue weighted by molar-refractivity contribution is -0.135. The van der Waals surface area contributed by atoms with Crippen molar-refractivity contribution in [3.05, 3.63) is 70.8 Å². The molecule has 3 amide bonds. The molecule has 0 bridgehead atoms. The lowest BCUT2D eigenvalue weighted by Gasteiger charge is -2.36. The summed E-state index contributed by atoms with van der Waals surface area (Å²) in [6.45, 7) is 2.48. The van der Waals surface area contributed by atoms with Crippen LogP contribution in [0.15, 0.2) is 53.8 Å². The zero-order chi connectivity index (χ0) is 36.8. The first-order chi connectivity index (χ1) is 25.7. The molecule has 4 aromatic heterocycles. The first-order valence-electron chi connectivity index (χ1n) is 18.1. The molecule has 15 nitrogen and oxygen atoms in total. The van der Waals surface area contributed by atoms with Crippen molar-refractivity contribution in [1.82, 2.24) is 44.1 Å². The smallest absolute Gasteiger partial charge is 0.329 e. The summed E-state index contributed by atoms with van der Waals surface area (Å²) >= 11 is 0. The number of imide groups is 1. The van der Waals surface area contributed by atoms with Gasteiger partial charge in [0.05, 0.1) is 34.6 Å². The lowest BCUT2D eigenvalue weighted by Crippen LogP contribution is -2.44. The number of piperidine rings is 2. The number of alkyl halides is 2. The van der Waals surface area contributed by atoms with Crippen LogP contribution in [0.2, 0.25) is 0 Å². The minimum atomic E-state index is -2.85. The molecule has 1 aromatic carbocycles. The van der Waals surface area contributed by atoms with Gasteiger partial charge in [0.1, 0.15) is 11.6 Å². The summed E-state index contributed by atoms with van der Waals surface area (Å²) in [6, 6.07) is 7.04. The second kappa shape index (κ2) is 14.2. The van der Waals surface area contributed by atoms with E-state index >= 15 is 0 Å². The third kappa shape index (κ3) is 6.57. The quantitative estimate of drug-likeness (QED) is 0.192. The van der Waals surface area contributed by atoms with Gasteiger partial charge in [-0.05, 0) is 75.6 Å². The van der Waals surface area contributed by atoms with E-state index < -0.39 is 30.0 Å². The first kappa shape index (κ1) is 34.6. The summed E-state index contributed by atoms with van der Waals surface area (Å²) in [5, 5.41) is 17.1. The number of rotatable bonds is 9. The molecule has 1 atom stereocenters. The van der Waals surface area contributed by atoms with Gasteiger partial charge in [0.25, 0.3) is 12.3 Å². The molecular formula is C36H41F2N11O4. The molecule has 0 radical (unpaired) electrons. The number of aryl methyl sites for hydroxylation is 1. The maximum atomic E-state index is 14.0. The summed E-state index contributed by atoms with van der Waals surface area (Å²) in [4.78, 5) is 57.2. The van der Waals surface area contributed by atoms with E-state index in [1.807, 2.05) is 18.2 Å². The number of fused-ring (bicyclic) bond motifs is 2. The van der Waals surface area contributed by atoms with E-state index in [2.05, 4.69) is 36.0 Å². The highest BCUT2D eigenvalue weighted by atomic mass is 19.3. The van der Waals surface area contributed by atoms with Crippen LogP contribution in [0.4, 0.5) is 20.2 Å². The Morgan fingerprint density at radius 1 is 1.04 bits per heavy atom. The number of nitrogens with one attached hydrogen (secondary N) is 3. The average molecular weight is 730 g/mol. The Morgan fingerprint density at radius 2 is 1.83 bits per heavy atom. The van der Waals surface area contributed by atoms with Gasteiger partial charge < -0.3 is 15.5 Å². The number of nitrogens with zero attached hydrogens (tertiary/aromatic N) is 8. The van der Waals surface area contributed by atoms with Crippen LogP contribution >= 0.6 is 0 Å². The van der Waals surface area contributed by atoms with Crippen LogP contribution in [-0.4, -0.2) is 76.9 Å². The standard InChI is InChI=1S/C36H41F2N11O4/c1-45-31-26(4-2-5-27(31)49(36(45)53)28-10-11-29(50)43-35(28)52)46-16-12-22(13-17-46)40-18-21-6-8-23(9-7-21)48-20-25(30(44-48)32(37)38)42-34(51)24-19-41-47-15-3-14-39-33(24)47/h2-5,14-15,19-23,28,32,40H,6-13,16-18H2,1H3,(H,42,51)(H,43,50,52)/t21-,23-,28?. The number of aromatic nitrogens is 7. The molecule has 5 aromatic rings. The lowest BCUT2D eigenvalue weighted by atomic mass is 9.85. The summed E-state index contributed by atoms with van der Waals surface area (Å²) < 4.78 is 34.2. The number of carbonyl (C=O) groups excluding carboxylic acids is 3. The van der Waals surface area contributed by atoms with Crippen LogP contribution in [0.3, 0.4) is 0 Å². The Morgan fingerprint density at radius 3 is 2.58 bits per heavy atom. The zero-order valence-corrected chi connectivity index (χ0v) is 29.3. The molecule has 278 valence electrons. The zero-order valence-electron chi connectivity index (χ0n) is 29.3. The Bertz CT molecular complexity index is 2240. The molecule has 53 heavy (non-hydrogen) atoms. The molecule has 1 aliphatic carbocycles.